The Morgan fingerprint density at radius 3 is 2.75 bits per heavy atom. The third-order valence-electron chi connectivity index (χ3n) is 3.37. The topological polar surface area (TPSA) is 101 Å². The molecule has 9 heteroatoms. The smallest absolute Gasteiger partial charge is 0.340 e. The zero-order valence-electron chi connectivity index (χ0n) is 16.0. The number of esters is 1. The normalized spacial score (nSPS) is 10.7. The molecule has 28 heavy (non-hydrogen) atoms. The van der Waals surface area contributed by atoms with Gasteiger partial charge in [0.1, 0.15) is 0 Å². The number of carbonyl (C=O) groups is 2. The number of benzene rings is 1. The van der Waals surface area contributed by atoms with Crippen LogP contribution in [0.3, 0.4) is 0 Å². The zero-order valence-corrected chi connectivity index (χ0v) is 17.6. The molecule has 0 spiro atoms. The molecule has 0 fully saturated rings. The first-order chi connectivity index (χ1) is 13.4. The predicted molar refractivity (Wildman–Crippen MR) is 113 cm³/mol. The monoisotopic (exact) mass is 421 g/mol. The van der Waals surface area contributed by atoms with E-state index in [4.69, 9.17) is 4.74 Å². The van der Waals surface area contributed by atoms with Crippen molar-refractivity contribution < 1.29 is 14.3 Å². The summed E-state index contributed by atoms with van der Waals surface area (Å²) in [7, 11) is 0. The fourth-order valence-electron chi connectivity index (χ4n) is 2.18. The van der Waals surface area contributed by atoms with E-state index in [2.05, 4.69) is 29.1 Å². The Morgan fingerprint density at radius 1 is 1.29 bits per heavy atom. The third-order valence-corrected chi connectivity index (χ3v) is 5.38. The lowest BCUT2D eigenvalue weighted by Gasteiger charge is -2.10. The number of ether oxygens (including phenoxy) is 1. The van der Waals surface area contributed by atoms with Crippen molar-refractivity contribution in [1.29, 1.82) is 0 Å². The maximum atomic E-state index is 12.3. The number of anilines is 1. The number of nitrogens with zero attached hydrogens (tertiary/aromatic N) is 1. The number of thioether (sulfide) groups is 2. The molecular formula is C19H23N3O4S2. The van der Waals surface area contributed by atoms with Crippen molar-refractivity contribution in [2.45, 2.75) is 36.9 Å². The average molecular weight is 422 g/mol. The molecule has 1 heterocycles. The van der Waals surface area contributed by atoms with E-state index in [1.165, 1.54) is 6.07 Å². The molecule has 2 N–H and O–H groups in total. The lowest BCUT2D eigenvalue weighted by Crippen LogP contribution is -2.18. The van der Waals surface area contributed by atoms with E-state index in [0.717, 1.165) is 11.8 Å². The first-order valence-electron chi connectivity index (χ1n) is 8.79. The predicted octanol–water partition coefficient (Wildman–Crippen LogP) is 3.32. The van der Waals surface area contributed by atoms with Gasteiger partial charge in [0.25, 0.3) is 5.56 Å². The van der Waals surface area contributed by atoms with Crippen molar-refractivity contribution in [3.63, 3.8) is 0 Å². The van der Waals surface area contributed by atoms with Crippen molar-refractivity contribution >= 4 is 41.1 Å². The van der Waals surface area contributed by atoms with Crippen LogP contribution in [0.5, 0.6) is 0 Å². The number of aromatic amines is 1. The van der Waals surface area contributed by atoms with Gasteiger partial charge in [0.05, 0.1) is 29.3 Å². The second-order valence-electron chi connectivity index (χ2n) is 6.00. The quantitative estimate of drug-likeness (QED) is 0.364. The van der Waals surface area contributed by atoms with Crippen molar-refractivity contribution in [2.75, 3.05) is 17.7 Å². The average Bonchev–Trinajstić information content (AvgIpc) is 2.65. The highest BCUT2D eigenvalue weighted by molar-refractivity contribution is 7.99. The molecule has 2 aromatic rings. The Morgan fingerprint density at radius 2 is 2.04 bits per heavy atom. The third kappa shape index (κ3) is 7.05. The minimum atomic E-state index is -0.493. The van der Waals surface area contributed by atoms with E-state index in [-0.39, 0.29) is 23.8 Å². The largest absolute Gasteiger partial charge is 0.462 e. The summed E-state index contributed by atoms with van der Waals surface area (Å²) >= 11 is 2.82. The fraction of sp³-hybridized carbons (Fsp3) is 0.368. The van der Waals surface area contributed by atoms with Crippen LogP contribution in [-0.4, -0.2) is 39.5 Å². The van der Waals surface area contributed by atoms with Gasteiger partial charge in [-0.05, 0) is 24.3 Å². The van der Waals surface area contributed by atoms with Gasteiger partial charge in [-0.15, -0.1) is 0 Å². The van der Waals surface area contributed by atoms with E-state index < -0.39 is 5.97 Å². The van der Waals surface area contributed by atoms with Gasteiger partial charge in [-0.3, -0.25) is 9.59 Å². The Kier molecular flexibility index (Phi) is 8.59. The molecule has 0 aliphatic rings. The summed E-state index contributed by atoms with van der Waals surface area (Å²) < 4.78 is 5.00. The lowest BCUT2D eigenvalue weighted by atomic mass is 10.2. The Bertz CT molecular complexity index is 883. The van der Waals surface area contributed by atoms with E-state index in [9.17, 15) is 14.4 Å². The minimum Gasteiger partial charge on any atom is -0.462 e. The molecule has 7 nitrogen and oxygen atoms in total. The van der Waals surface area contributed by atoms with Crippen LogP contribution < -0.4 is 10.9 Å². The van der Waals surface area contributed by atoms with Gasteiger partial charge in [-0.2, -0.15) is 11.8 Å². The van der Waals surface area contributed by atoms with E-state index in [1.54, 1.807) is 43.0 Å². The van der Waals surface area contributed by atoms with Crippen LogP contribution in [0.2, 0.25) is 0 Å². The van der Waals surface area contributed by atoms with Crippen LogP contribution in [0.4, 0.5) is 5.69 Å². The molecule has 0 saturated heterocycles. The van der Waals surface area contributed by atoms with Gasteiger partial charge in [0.15, 0.2) is 5.16 Å². The molecule has 1 amide bonds. The van der Waals surface area contributed by atoms with Crippen LogP contribution >= 0.6 is 23.5 Å². The van der Waals surface area contributed by atoms with Gasteiger partial charge in [0.2, 0.25) is 5.91 Å². The van der Waals surface area contributed by atoms with Crippen LogP contribution in [0, 0.1) is 0 Å². The number of H-pyrrole nitrogens is 1. The molecule has 2 rings (SSSR count). The van der Waals surface area contributed by atoms with Gasteiger partial charge in [-0.25, -0.2) is 9.78 Å². The summed E-state index contributed by atoms with van der Waals surface area (Å²) in [6.07, 6.45) is 0. The van der Waals surface area contributed by atoms with Crippen LogP contribution in [0.25, 0.3) is 0 Å². The molecule has 0 radical (unpaired) electrons. The molecule has 0 unspecified atom stereocenters. The van der Waals surface area contributed by atoms with E-state index in [1.807, 2.05) is 0 Å². The van der Waals surface area contributed by atoms with Gasteiger partial charge in [-0.1, -0.05) is 37.7 Å². The summed E-state index contributed by atoms with van der Waals surface area (Å²) in [6, 6.07) is 8.12. The van der Waals surface area contributed by atoms with Crippen molar-refractivity contribution in [2.24, 2.45) is 0 Å². The standard InChI is InChI=1S/C19H23N3O4S2/c1-4-26-18(25)14-7-5-6-8-15(14)21-17(24)11-28-19-20-13(9-16(23)22-19)10-27-12(2)3/h5-9,12H,4,10-11H2,1-3H3,(H,21,24)(H,20,22,23). The first-order valence-corrected chi connectivity index (χ1v) is 10.8. The Hall–Kier alpha value is -2.26. The van der Waals surface area contributed by atoms with E-state index >= 15 is 0 Å². The second-order valence-corrected chi connectivity index (χ2v) is 8.53. The highest BCUT2D eigenvalue weighted by atomic mass is 32.2. The van der Waals surface area contributed by atoms with Crippen LogP contribution in [0.1, 0.15) is 36.8 Å². The van der Waals surface area contributed by atoms with Crippen LogP contribution in [-0.2, 0) is 15.3 Å². The Labute approximate surface area is 172 Å². The highest BCUT2D eigenvalue weighted by Crippen LogP contribution is 2.19. The second kappa shape index (κ2) is 10.9. The molecule has 0 saturated carbocycles. The molecule has 0 atom stereocenters. The van der Waals surface area contributed by atoms with Crippen molar-refractivity contribution in [1.82, 2.24) is 9.97 Å². The number of rotatable bonds is 9. The minimum absolute atomic E-state index is 0.0425. The van der Waals surface area contributed by atoms with Gasteiger partial charge < -0.3 is 15.0 Å². The number of carbonyl (C=O) groups excluding carboxylic acids is 2. The molecule has 1 aromatic carbocycles. The number of para-hydroxylation sites is 1. The number of amides is 1. The van der Waals surface area contributed by atoms with Crippen molar-refractivity contribution in [3.8, 4) is 0 Å². The fourth-order valence-corrected chi connectivity index (χ4v) is 3.52. The van der Waals surface area contributed by atoms with Crippen molar-refractivity contribution in [3.05, 3.63) is 51.9 Å². The maximum Gasteiger partial charge on any atom is 0.340 e. The molecule has 0 aliphatic heterocycles. The molecular weight excluding hydrogens is 398 g/mol. The first kappa shape index (κ1) is 22.0. The zero-order chi connectivity index (χ0) is 20.5. The van der Waals surface area contributed by atoms with Crippen LogP contribution in [0.15, 0.2) is 40.3 Å². The van der Waals surface area contributed by atoms with E-state index in [0.29, 0.717) is 33.1 Å². The lowest BCUT2D eigenvalue weighted by molar-refractivity contribution is -0.113. The summed E-state index contributed by atoms with van der Waals surface area (Å²) in [5.74, 6) is -0.131. The maximum absolute atomic E-state index is 12.3. The summed E-state index contributed by atoms with van der Waals surface area (Å²) in [5, 5.41) is 3.53. The molecule has 1 aromatic heterocycles. The molecule has 150 valence electrons. The number of nitrogens with one attached hydrogen (secondary N) is 2. The number of hydrogen-bond donors (Lipinski definition) is 2. The molecule has 0 aliphatic carbocycles. The number of aromatic nitrogens is 2. The number of hydrogen-bond acceptors (Lipinski definition) is 7. The Balaban J connectivity index is 2.00. The molecule has 0 bridgehead atoms. The van der Waals surface area contributed by atoms with Gasteiger partial charge in [0, 0.05) is 11.8 Å². The SMILES string of the molecule is CCOC(=O)c1ccccc1NC(=O)CSc1nc(CSC(C)C)cc(=O)[nH]1. The van der Waals surface area contributed by atoms with Gasteiger partial charge >= 0.3 is 5.97 Å². The summed E-state index contributed by atoms with van der Waals surface area (Å²) in [5.41, 5.74) is 1.11. The summed E-state index contributed by atoms with van der Waals surface area (Å²) in [4.78, 5) is 43.1. The summed E-state index contributed by atoms with van der Waals surface area (Å²) in [6.45, 7) is 6.12. The highest BCUT2D eigenvalue weighted by Gasteiger charge is 2.14.